The van der Waals surface area contributed by atoms with E-state index in [9.17, 15) is 14.4 Å². The van der Waals surface area contributed by atoms with Gasteiger partial charge in [0.05, 0.1) is 22.8 Å². The molecule has 5 heteroatoms. The average Bonchev–Trinajstić information content (AvgIpc) is 2.75. The van der Waals surface area contributed by atoms with Crippen molar-refractivity contribution in [1.82, 2.24) is 0 Å². The van der Waals surface area contributed by atoms with Gasteiger partial charge < -0.3 is 10.1 Å². The Hall–Kier alpha value is -2.87. The minimum atomic E-state index is -0.914. The summed E-state index contributed by atoms with van der Waals surface area (Å²) in [6.07, 6.45) is 4.85. The van der Waals surface area contributed by atoms with Crippen LogP contribution in [-0.2, 0) is 10.2 Å². The second kappa shape index (κ2) is 9.09. The van der Waals surface area contributed by atoms with E-state index in [1.54, 1.807) is 36.4 Å². The summed E-state index contributed by atoms with van der Waals surface area (Å²) in [5.41, 5.74) is 0.281. The van der Waals surface area contributed by atoms with Crippen LogP contribution in [0, 0.1) is 17.1 Å². The highest BCUT2D eigenvalue weighted by Crippen LogP contribution is 2.41. The van der Waals surface area contributed by atoms with E-state index in [1.165, 1.54) is 6.07 Å². The van der Waals surface area contributed by atoms with Crippen LogP contribution in [0.4, 0.5) is 10.1 Å². The molecule has 1 saturated carbocycles. The van der Waals surface area contributed by atoms with Gasteiger partial charge in [0.25, 0.3) is 0 Å². The van der Waals surface area contributed by atoms with Crippen LogP contribution in [0.15, 0.2) is 42.5 Å². The summed E-state index contributed by atoms with van der Waals surface area (Å²) < 4.78 is 20.4. The lowest BCUT2D eigenvalue weighted by Crippen LogP contribution is -2.42. The molecular weight excluding hydrogens is 367 g/mol. The Balaban J connectivity index is 1.91. The summed E-state index contributed by atoms with van der Waals surface area (Å²) in [4.78, 5) is 13.4. The molecule has 1 amide bonds. The first kappa shape index (κ1) is 20.9. The Morgan fingerprint density at radius 3 is 2.62 bits per heavy atom. The van der Waals surface area contributed by atoms with Gasteiger partial charge in [-0.25, -0.2) is 4.39 Å². The van der Waals surface area contributed by atoms with Gasteiger partial charge in [-0.2, -0.15) is 5.26 Å². The first-order valence-corrected chi connectivity index (χ1v) is 10.3. The fourth-order valence-corrected chi connectivity index (χ4v) is 3.98. The van der Waals surface area contributed by atoms with Gasteiger partial charge >= 0.3 is 0 Å². The number of halogens is 1. The van der Waals surface area contributed by atoms with Crippen LogP contribution in [0.3, 0.4) is 0 Å². The lowest BCUT2D eigenvalue weighted by atomic mass is 9.68. The van der Waals surface area contributed by atoms with E-state index >= 15 is 0 Å². The first-order chi connectivity index (χ1) is 14.0. The molecule has 3 rings (SSSR count). The summed E-state index contributed by atoms with van der Waals surface area (Å²) in [5.74, 6) is -0.0212. The van der Waals surface area contributed by atoms with E-state index in [0.29, 0.717) is 35.4 Å². The SMILES string of the molecule is CCC(C)Oc1ccc(NC(=O)C2(c3ccccc3F)CCCCC2)c(C#N)c1. The molecule has 2 aromatic carbocycles. The molecule has 0 spiro atoms. The van der Waals surface area contributed by atoms with Crippen molar-refractivity contribution >= 4 is 11.6 Å². The van der Waals surface area contributed by atoms with Gasteiger partial charge in [0.15, 0.2) is 0 Å². The predicted molar refractivity (Wildman–Crippen MR) is 111 cm³/mol. The summed E-state index contributed by atoms with van der Waals surface area (Å²) in [5, 5.41) is 12.5. The van der Waals surface area contributed by atoms with Crippen molar-refractivity contribution in [2.24, 2.45) is 0 Å². The lowest BCUT2D eigenvalue weighted by molar-refractivity contribution is -0.122. The van der Waals surface area contributed by atoms with E-state index in [4.69, 9.17) is 4.74 Å². The molecule has 0 heterocycles. The summed E-state index contributed by atoms with van der Waals surface area (Å²) in [7, 11) is 0. The van der Waals surface area contributed by atoms with Crippen molar-refractivity contribution < 1.29 is 13.9 Å². The number of rotatable bonds is 6. The molecule has 0 aromatic heterocycles. The number of amides is 1. The van der Waals surface area contributed by atoms with E-state index in [0.717, 1.165) is 25.7 Å². The van der Waals surface area contributed by atoms with Crippen LogP contribution in [0.25, 0.3) is 0 Å². The van der Waals surface area contributed by atoms with Gasteiger partial charge in [0, 0.05) is 11.6 Å². The summed E-state index contributed by atoms with van der Waals surface area (Å²) >= 11 is 0. The van der Waals surface area contributed by atoms with Crippen LogP contribution in [-0.4, -0.2) is 12.0 Å². The Morgan fingerprint density at radius 2 is 1.97 bits per heavy atom. The van der Waals surface area contributed by atoms with Crippen LogP contribution < -0.4 is 10.1 Å². The molecule has 1 atom stereocenters. The van der Waals surface area contributed by atoms with E-state index < -0.39 is 5.41 Å². The Bertz CT molecular complexity index is 913. The second-order valence-corrected chi connectivity index (χ2v) is 7.73. The number of nitrogens with zero attached hydrogens (tertiary/aromatic N) is 1. The average molecular weight is 394 g/mol. The number of hydrogen-bond acceptors (Lipinski definition) is 3. The van der Waals surface area contributed by atoms with Crippen molar-refractivity contribution in [3.05, 3.63) is 59.4 Å². The fourth-order valence-electron chi connectivity index (χ4n) is 3.98. The molecule has 0 saturated heterocycles. The van der Waals surface area contributed by atoms with Crippen molar-refractivity contribution in [3.8, 4) is 11.8 Å². The number of carbonyl (C=O) groups is 1. The van der Waals surface area contributed by atoms with E-state index in [-0.39, 0.29) is 17.8 Å². The third kappa shape index (κ3) is 4.42. The van der Waals surface area contributed by atoms with Crippen molar-refractivity contribution in [1.29, 1.82) is 5.26 Å². The first-order valence-electron chi connectivity index (χ1n) is 10.3. The third-order valence-electron chi connectivity index (χ3n) is 5.80. The van der Waals surface area contributed by atoms with Gasteiger partial charge in [-0.1, -0.05) is 44.4 Å². The third-order valence-corrected chi connectivity index (χ3v) is 5.80. The van der Waals surface area contributed by atoms with Gasteiger partial charge in [0.2, 0.25) is 5.91 Å². The van der Waals surface area contributed by atoms with Crippen molar-refractivity contribution in [2.75, 3.05) is 5.32 Å². The van der Waals surface area contributed by atoms with Crippen molar-refractivity contribution in [3.63, 3.8) is 0 Å². The number of benzene rings is 2. The van der Waals surface area contributed by atoms with Crippen molar-refractivity contribution in [2.45, 2.75) is 63.9 Å². The molecule has 0 bridgehead atoms. The summed E-state index contributed by atoms with van der Waals surface area (Å²) in [6, 6.07) is 13.7. The largest absolute Gasteiger partial charge is 0.491 e. The molecule has 1 aliphatic carbocycles. The maximum absolute atomic E-state index is 14.6. The highest BCUT2D eigenvalue weighted by molar-refractivity contribution is 6.00. The zero-order valence-corrected chi connectivity index (χ0v) is 17.0. The van der Waals surface area contributed by atoms with Gasteiger partial charge in [-0.3, -0.25) is 4.79 Å². The molecule has 1 N–H and O–H groups in total. The van der Waals surface area contributed by atoms with Gasteiger partial charge in [0.1, 0.15) is 17.6 Å². The number of nitrogens with one attached hydrogen (secondary N) is 1. The maximum Gasteiger partial charge on any atom is 0.235 e. The smallest absolute Gasteiger partial charge is 0.235 e. The molecule has 29 heavy (non-hydrogen) atoms. The topological polar surface area (TPSA) is 62.1 Å². The monoisotopic (exact) mass is 394 g/mol. The maximum atomic E-state index is 14.6. The normalized spacial score (nSPS) is 16.5. The standard InChI is InChI=1S/C24H27FN2O2/c1-3-17(2)29-19-11-12-22(18(15-19)16-26)27-23(28)24(13-7-4-8-14-24)20-9-5-6-10-21(20)25/h5-6,9-12,15,17H,3-4,7-8,13-14H2,1-2H3,(H,27,28). The van der Waals surface area contributed by atoms with Crippen LogP contribution in [0.2, 0.25) is 0 Å². The van der Waals surface area contributed by atoms with Gasteiger partial charge in [-0.05, 0) is 44.4 Å². The Kier molecular flexibility index (Phi) is 6.53. The molecule has 1 fully saturated rings. The molecule has 1 aliphatic rings. The minimum absolute atomic E-state index is 0.0357. The molecule has 0 aliphatic heterocycles. The number of carbonyl (C=O) groups excluding carboxylic acids is 1. The zero-order valence-electron chi connectivity index (χ0n) is 17.0. The fraction of sp³-hybridized carbons (Fsp3) is 0.417. The predicted octanol–water partition coefficient (Wildman–Crippen LogP) is 5.72. The zero-order chi connectivity index (χ0) is 20.9. The van der Waals surface area contributed by atoms with Gasteiger partial charge in [-0.15, -0.1) is 0 Å². The quantitative estimate of drug-likeness (QED) is 0.682. The number of ether oxygens (including phenoxy) is 1. The molecule has 2 aromatic rings. The number of anilines is 1. The lowest BCUT2D eigenvalue weighted by Gasteiger charge is -2.36. The number of hydrogen-bond donors (Lipinski definition) is 1. The Morgan fingerprint density at radius 1 is 1.24 bits per heavy atom. The molecule has 4 nitrogen and oxygen atoms in total. The molecular formula is C24H27FN2O2. The number of nitriles is 1. The van der Waals surface area contributed by atoms with Crippen LogP contribution >= 0.6 is 0 Å². The molecule has 152 valence electrons. The molecule has 1 unspecified atom stereocenters. The minimum Gasteiger partial charge on any atom is -0.491 e. The highest BCUT2D eigenvalue weighted by atomic mass is 19.1. The summed E-state index contributed by atoms with van der Waals surface area (Å²) in [6.45, 7) is 3.99. The second-order valence-electron chi connectivity index (χ2n) is 7.73. The van der Waals surface area contributed by atoms with Crippen LogP contribution in [0.5, 0.6) is 5.75 Å². The molecule has 0 radical (unpaired) electrons. The van der Waals surface area contributed by atoms with E-state index in [2.05, 4.69) is 11.4 Å². The Labute approximate surface area is 171 Å². The highest BCUT2D eigenvalue weighted by Gasteiger charge is 2.43. The van der Waals surface area contributed by atoms with E-state index in [1.807, 2.05) is 13.8 Å². The van der Waals surface area contributed by atoms with Crippen LogP contribution in [0.1, 0.15) is 63.5 Å².